The molecule has 2 N–H and O–H groups in total. The van der Waals surface area contributed by atoms with E-state index in [2.05, 4.69) is 29.4 Å². The van der Waals surface area contributed by atoms with Crippen molar-refractivity contribution in [3.8, 4) is 0 Å². The Labute approximate surface area is 106 Å². The molecule has 5 nitrogen and oxygen atoms in total. The van der Waals surface area contributed by atoms with Crippen LogP contribution in [-0.2, 0) is 6.42 Å². The van der Waals surface area contributed by atoms with Crippen molar-refractivity contribution in [1.29, 1.82) is 0 Å². The van der Waals surface area contributed by atoms with Gasteiger partial charge in [0, 0.05) is 18.2 Å². The largest absolute Gasteiger partial charge is 0.456 e. The van der Waals surface area contributed by atoms with E-state index in [0.717, 1.165) is 17.9 Å². The molecule has 0 saturated carbocycles. The van der Waals surface area contributed by atoms with E-state index in [-0.39, 0.29) is 5.91 Å². The number of nitrogens with zero attached hydrogens (tertiary/aromatic N) is 1. The molecule has 18 heavy (non-hydrogen) atoms. The van der Waals surface area contributed by atoms with Crippen LogP contribution in [0.4, 0.5) is 5.82 Å². The Kier molecular flexibility index (Phi) is 3.50. The van der Waals surface area contributed by atoms with E-state index in [1.165, 1.54) is 0 Å². The summed E-state index contributed by atoms with van der Waals surface area (Å²) in [5.41, 5.74) is 0.985. The van der Waals surface area contributed by atoms with Crippen LogP contribution in [0.1, 0.15) is 48.7 Å². The van der Waals surface area contributed by atoms with Gasteiger partial charge in [-0.1, -0.05) is 20.8 Å². The van der Waals surface area contributed by atoms with Crippen molar-refractivity contribution in [3.63, 3.8) is 0 Å². The number of aryl methyl sites for hydroxylation is 1. The van der Waals surface area contributed by atoms with Crippen LogP contribution in [0.25, 0.3) is 0 Å². The highest BCUT2D eigenvalue weighted by molar-refractivity contribution is 6.01. The minimum atomic E-state index is -0.281. The van der Waals surface area contributed by atoms with Crippen molar-refractivity contribution < 1.29 is 9.21 Å². The minimum Gasteiger partial charge on any atom is -0.456 e. The number of nitrogens with one attached hydrogen (secondary N) is 2. The molecule has 2 heterocycles. The predicted octanol–water partition coefficient (Wildman–Crippen LogP) is 2.94. The number of H-pyrrole nitrogens is 1. The molecule has 0 atom stereocenters. The highest BCUT2D eigenvalue weighted by Crippen LogP contribution is 2.16. The minimum absolute atomic E-state index is 0.281. The van der Waals surface area contributed by atoms with Gasteiger partial charge in [-0.3, -0.25) is 9.89 Å². The summed E-state index contributed by atoms with van der Waals surface area (Å²) in [5, 5.41) is 9.61. The summed E-state index contributed by atoms with van der Waals surface area (Å²) in [6.45, 7) is 6.08. The number of amides is 1. The Morgan fingerprint density at radius 3 is 2.83 bits per heavy atom. The molecule has 2 aromatic heterocycles. The maximum absolute atomic E-state index is 11.9. The second-order valence-electron chi connectivity index (χ2n) is 4.44. The maximum Gasteiger partial charge on any atom is 0.292 e. The van der Waals surface area contributed by atoms with Gasteiger partial charge in [0.2, 0.25) is 0 Å². The van der Waals surface area contributed by atoms with Crippen molar-refractivity contribution in [2.75, 3.05) is 5.32 Å². The van der Waals surface area contributed by atoms with Gasteiger partial charge in [-0.25, -0.2) is 0 Å². The fourth-order valence-corrected chi connectivity index (χ4v) is 1.56. The van der Waals surface area contributed by atoms with Gasteiger partial charge in [-0.05, 0) is 18.1 Å². The molecule has 0 aliphatic heterocycles. The molecule has 0 fully saturated rings. The molecule has 0 radical (unpaired) electrons. The van der Waals surface area contributed by atoms with E-state index < -0.39 is 0 Å². The molecular weight excluding hydrogens is 230 g/mol. The Bertz CT molecular complexity index is 540. The standard InChI is InChI=1S/C13H17N3O2/c1-4-9-5-6-11(18-9)13(17)14-12-7-10(8(2)3)15-16-12/h5-8H,4H2,1-3H3,(H2,14,15,16,17). The molecule has 96 valence electrons. The molecule has 0 bridgehead atoms. The lowest BCUT2D eigenvalue weighted by molar-refractivity contribution is 0.0994. The molecule has 2 rings (SSSR count). The summed E-state index contributed by atoms with van der Waals surface area (Å²) in [6, 6.07) is 5.30. The topological polar surface area (TPSA) is 70.9 Å². The van der Waals surface area contributed by atoms with Gasteiger partial charge in [0.15, 0.2) is 11.6 Å². The number of hydrogen-bond donors (Lipinski definition) is 2. The fourth-order valence-electron chi connectivity index (χ4n) is 1.56. The lowest BCUT2D eigenvalue weighted by atomic mass is 10.1. The number of aromatic amines is 1. The Balaban J connectivity index is 2.06. The Morgan fingerprint density at radius 1 is 1.50 bits per heavy atom. The summed E-state index contributed by atoms with van der Waals surface area (Å²) >= 11 is 0. The predicted molar refractivity (Wildman–Crippen MR) is 68.7 cm³/mol. The van der Waals surface area contributed by atoms with Gasteiger partial charge in [0.1, 0.15) is 5.76 Å². The molecule has 0 unspecified atom stereocenters. The number of carbonyl (C=O) groups excluding carboxylic acids is 1. The fraction of sp³-hybridized carbons (Fsp3) is 0.385. The quantitative estimate of drug-likeness (QED) is 0.872. The highest BCUT2D eigenvalue weighted by Gasteiger charge is 2.13. The lowest BCUT2D eigenvalue weighted by Gasteiger charge is -1.98. The smallest absolute Gasteiger partial charge is 0.292 e. The number of furan rings is 1. The van der Waals surface area contributed by atoms with Gasteiger partial charge in [0.05, 0.1) is 0 Å². The molecule has 0 aliphatic carbocycles. The van der Waals surface area contributed by atoms with Crippen LogP contribution in [0.15, 0.2) is 22.6 Å². The summed E-state index contributed by atoms with van der Waals surface area (Å²) in [7, 11) is 0. The summed E-state index contributed by atoms with van der Waals surface area (Å²) < 4.78 is 5.37. The first-order valence-electron chi connectivity index (χ1n) is 6.05. The van der Waals surface area contributed by atoms with Crippen molar-refractivity contribution in [2.45, 2.75) is 33.1 Å². The average Bonchev–Trinajstić information content (AvgIpc) is 2.96. The van der Waals surface area contributed by atoms with Gasteiger partial charge in [0.25, 0.3) is 5.91 Å². The van der Waals surface area contributed by atoms with Crippen LogP contribution in [-0.4, -0.2) is 16.1 Å². The first-order chi connectivity index (χ1) is 8.60. The van der Waals surface area contributed by atoms with E-state index in [1.807, 2.05) is 13.0 Å². The number of hydrogen-bond acceptors (Lipinski definition) is 3. The van der Waals surface area contributed by atoms with E-state index in [9.17, 15) is 4.79 Å². The zero-order chi connectivity index (χ0) is 13.1. The zero-order valence-corrected chi connectivity index (χ0v) is 10.8. The number of aromatic nitrogens is 2. The third-order valence-corrected chi connectivity index (χ3v) is 2.70. The number of carbonyl (C=O) groups is 1. The van der Waals surface area contributed by atoms with Gasteiger partial charge in [-0.2, -0.15) is 5.10 Å². The van der Waals surface area contributed by atoms with E-state index in [1.54, 1.807) is 12.1 Å². The lowest BCUT2D eigenvalue weighted by Crippen LogP contribution is -2.11. The molecule has 0 spiro atoms. The van der Waals surface area contributed by atoms with Gasteiger partial charge < -0.3 is 9.73 Å². The van der Waals surface area contributed by atoms with Crippen molar-refractivity contribution in [1.82, 2.24) is 10.2 Å². The van der Waals surface area contributed by atoms with Crippen LogP contribution in [0.2, 0.25) is 0 Å². The Hall–Kier alpha value is -2.04. The number of rotatable bonds is 4. The Morgan fingerprint density at radius 2 is 2.28 bits per heavy atom. The van der Waals surface area contributed by atoms with Crippen molar-refractivity contribution in [2.24, 2.45) is 0 Å². The third-order valence-electron chi connectivity index (χ3n) is 2.70. The molecule has 0 aliphatic rings. The van der Waals surface area contributed by atoms with Crippen LogP contribution in [0, 0.1) is 0 Å². The summed E-state index contributed by atoms with van der Waals surface area (Å²) in [6.07, 6.45) is 0.771. The van der Waals surface area contributed by atoms with Crippen molar-refractivity contribution in [3.05, 3.63) is 35.4 Å². The van der Waals surface area contributed by atoms with Gasteiger partial charge in [-0.15, -0.1) is 0 Å². The zero-order valence-electron chi connectivity index (χ0n) is 10.8. The second-order valence-corrected chi connectivity index (χ2v) is 4.44. The molecule has 0 aromatic carbocycles. The average molecular weight is 247 g/mol. The maximum atomic E-state index is 11.9. The van der Waals surface area contributed by atoms with Crippen LogP contribution < -0.4 is 5.32 Å². The SMILES string of the molecule is CCc1ccc(C(=O)Nc2cc(C(C)C)[nH]n2)o1. The van der Waals surface area contributed by atoms with E-state index in [4.69, 9.17) is 4.42 Å². The van der Waals surface area contributed by atoms with E-state index in [0.29, 0.717) is 17.5 Å². The van der Waals surface area contributed by atoms with E-state index >= 15 is 0 Å². The third kappa shape index (κ3) is 2.61. The van der Waals surface area contributed by atoms with Gasteiger partial charge >= 0.3 is 0 Å². The van der Waals surface area contributed by atoms with Crippen LogP contribution in [0.5, 0.6) is 0 Å². The molecule has 2 aromatic rings. The highest BCUT2D eigenvalue weighted by atomic mass is 16.3. The first kappa shape index (κ1) is 12.4. The number of anilines is 1. The molecular formula is C13H17N3O2. The van der Waals surface area contributed by atoms with Crippen molar-refractivity contribution >= 4 is 11.7 Å². The van der Waals surface area contributed by atoms with Crippen LogP contribution >= 0.6 is 0 Å². The monoisotopic (exact) mass is 247 g/mol. The normalized spacial score (nSPS) is 10.9. The molecule has 5 heteroatoms. The second kappa shape index (κ2) is 5.08. The summed E-state index contributed by atoms with van der Waals surface area (Å²) in [5.74, 6) is 1.68. The molecule has 1 amide bonds. The molecule has 0 saturated heterocycles. The summed E-state index contributed by atoms with van der Waals surface area (Å²) in [4.78, 5) is 11.9. The first-order valence-corrected chi connectivity index (χ1v) is 6.05. The van der Waals surface area contributed by atoms with Crippen LogP contribution in [0.3, 0.4) is 0 Å².